The lowest BCUT2D eigenvalue weighted by Gasteiger charge is -2.33. The van der Waals surface area contributed by atoms with Crippen LogP contribution in [-0.2, 0) is 4.79 Å². The van der Waals surface area contributed by atoms with Crippen LogP contribution in [0.4, 0.5) is 0 Å². The number of carboxylic acids is 1. The second-order valence-electron chi connectivity index (χ2n) is 5.11. The lowest BCUT2D eigenvalue weighted by Crippen LogP contribution is -2.47. The molecule has 2 aromatic rings. The van der Waals surface area contributed by atoms with Crippen LogP contribution in [0.1, 0.15) is 29.6 Å². The predicted octanol–water partition coefficient (Wildman–Crippen LogP) is 1.71. The monoisotopic (exact) mass is 285 g/mol. The van der Waals surface area contributed by atoms with E-state index in [1.165, 1.54) is 4.90 Å². The van der Waals surface area contributed by atoms with Crippen LogP contribution in [0.3, 0.4) is 0 Å². The normalized spacial score (nSPS) is 18.7. The number of likely N-dealkylation sites (tertiary alicyclic amines) is 1. The highest BCUT2D eigenvalue weighted by molar-refractivity contribution is 5.99. The predicted molar refractivity (Wildman–Crippen MR) is 75.8 cm³/mol. The molecule has 108 valence electrons. The van der Waals surface area contributed by atoms with Crippen molar-refractivity contribution >= 4 is 22.9 Å². The van der Waals surface area contributed by atoms with Crippen molar-refractivity contribution in [2.75, 3.05) is 6.54 Å². The summed E-state index contributed by atoms with van der Waals surface area (Å²) in [5.74, 6) is -1.20. The Kier molecular flexibility index (Phi) is 3.51. The zero-order chi connectivity index (χ0) is 14.8. The molecule has 6 heteroatoms. The highest BCUT2D eigenvalue weighted by Gasteiger charge is 2.32. The number of carbonyl (C=O) groups excluding carboxylic acids is 1. The van der Waals surface area contributed by atoms with Gasteiger partial charge in [0, 0.05) is 24.5 Å². The van der Waals surface area contributed by atoms with Crippen LogP contribution < -0.4 is 0 Å². The van der Waals surface area contributed by atoms with Crippen molar-refractivity contribution in [2.45, 2.75) is 25.3 Å². The SMILES string of the molecule is O=C(O)[C@H]1CCCCN1C(=O)c1ccc2nccnc2c1. The number of carboxylic acid groups (broad SMARTS) is 1. The van der Waals surface area contributed by atoms with Gasteiger partial charge in [-0.3, -0.25) is 14.8 Å². The number of carbonyl (C=O) groups is 2. The van der Waals surface area contributed by atoms with Crippen molar-refractivity contribution in [3.8, 4) is 0 Å². The Morgan fingerprint density at radius 2 is 1.90 bits per heavy atom. The molecule has 1 fully saturated rings. The first-order chi connectivity index (χ1) is 10.2. The molecule has 2 heterocycles. The van der Waals surface area contributed by atoms with Gasteiger partial charge in [0.05, 0.1) is 11.0 Å². The Morgan fingerprint density at radius 1 is 1.14 bits per heavy atom. The van der Waals surface area contributed by atoms with E-state index in [-0.39, 0.29) is 5.91 Å². The summed E-state index contributed by atoms with van der Waals surface area (Å²) < 4.78 is 0. The van der Waals surface area contributed by atoms with E-state index in [9.17, 15) is 14.7 Å². The van der Waals surface area contributed by atoms with Crippen molar-refractivity contribution in [1.29, 1.82) is 0 Å². The van der Waals surface area contributed by atoms with Crippen molar-refractivity contribution in [3.05, 3.63) is 36.2 Å². The zero-order valence-electron chi connectivity index (χ0n) is 11.4. The molecule has 1 aromatic heterocycles. The number of rotatable bonds is 2. The number of piperidine rings is 1. The maximum Gasteiger partial charge on any atom is 0.326 e. The number of benzene rings is 1. The van der Waals surface area contributed by atoms with Crippen LogP contribution in [0.5, 0.6) is 0 Å². The second kappa shape index (κ2) is 5.47. The van der Waals surface area contributed by atoms with Gasteiger partial charge in [-0.2, -0.15) is 0 Å². The lowest BCUT2D eigenvalue weighted by molar-refractivity contribution is -0.143. The lowest BCUT2D eigenvalue weighted by atomic mass is 10.0. The molecule has 1 aliphatic rings. The molecule has 0 radical (unpaired) electrons. The first-order valence-corrected chi connectivity index (χ1v) is 6.91. The standard InChI is InChI=1S/C15H15N3O3/c19-14(18-8-2-1-3-13(18)15(20)21)10-4-5-11-12(9-10)17-7-6-16-11/h4-7,9,13H,1-3,8H2,(H,20,21)/t13-/m1/s1. The van der Waals surface area contributed by atoms with Crippen molar-refractivity contribution < 1.29 is 14.7 Å². The van der Waals surface area contributed by atoms with E-state index in [0.29, 0.717) is 29.6 Å². The summed E-state index contributed by atoms with van der Waals surface area (Å²) in [7, 11) is 0. The number of nitrogens with zero attached hydrogens (tertiary/aromatic N) is 3. The Hall–Kier alpha value is -2.50. The fourth-order valence-electron chi connectivity index (χ4n) is 2.69. The number of hydrogen-bond donors (Lipinski definition) is 1. The molecule has 1 aromatic carbocycles. The summed E-state index contributed by atoms with van der Waals surface area (Å²) in [5.41, 5.74) is 1.80. The largest absolute Gasteiger partial charge is 0.480 e. The second-order valence-corrected chi connectivity index (χ2v) is 5.11. The Balaban J connectivity index is 1.93. The Morgan fingerprint density at radius 3 is 2.67 bits per heavy atom. The van der Waals surface area contributed by atoms with Crippen LogP contribution in [-0.4, -0.2) is 44.4 Å². The van der Waals surface area contributed by atoms with Gasteiger partial charge in [0.1, 0.15) is 6.04 Å². The van der Waals surface area contributed by atoms with Gasteiger partial charge in [0.15, 0.2) is 0 Å². The van der Waals surface area contributed by atoms with E-state index < -0.39 is 12.0 Å². The number of amides is 1. The van der Waals surface area contributed by atoms with Gasteiger partial charge in [0.2, 0.25) is 0 Å². The average Bonchev–Trinajstić information content (AvgIpc) is 2.53. The molecule has 1 aliphatic heterocycles. The Labute approximate surface area is 121 Å². The van der Waals surface area contributed by atoms with Crippen molar-refractivity contribution in [1.82, 2.24) is 14.9 Å². The topological polar surface area (TPSA) is 83.4 Å². The smallest absolute Gasteiger partial charge is 0.326 e. The van der Waals surface area contributed by atoms with Gasteiger partial charge in [-0.25, -0.2) is 4.79 Å². The summed E-state index contributed by atoms with van der Waals surface area (Å²) in [4.78, 5) is 33.6. The fraction of sp³-hybridized carbons (Fsp3) is 0.333. The van der Waals surface area contributed by atoms with Crippen LogP contribution in [0, 0.1) is 0 Å². The summed E-state index contributed by atoms with van der Waals surface area (Å²) in [6, 6.07) is 4.34. The summed E-state index contributed by atoms with van der Waals surface area (Å²) in [6.45, 7) is 0.480. The maximum atomic E-state index is 12.6. The van der Waals surface area contributed by atoms with Gasteiger partial charge in [-0.05, 0) is 37.5 Å². The number of aromatic nitrogens is 2. The zero-order valence-corrected chi connectivity index (χ0v) is 11.4. The van der Waals surface area contributed by atoms with E-state index in [2.05, 4.69) is 9.97 Å². The molecule has 1 saturated heterocycles. The molecule has 1 N–H and O–H groups in total. The minimum Gasteiger partial charge on any atom is -0.480 e. The summed E-state index contributed by atoms with van der Waals surface area (Å²) >= 11 is 0. The highest BCUT2D eigenvalue weighted by Crippen LogP contribution is 2.21. The average molecular weight is 285 g/mol. The molecule has 21 heavy (non-hydrogen) atoms. The molecule has 3 rings (SSSR count). The molecule has 0 spiro atoms. The molecule has 0 unspecified atom stereocenters. The minimum atomic E-state index is -0.941. The molecular formula is C15H15N3O3. The number of hydrogen-bond acceptors (Lipinski definition) is 4. The molecule has 1 amide bonds. The highest BCUT2D eigenvalue weighted by atomic mass is 16.4. The van der Waals surface area contributed by atoms with Crippen molar-refractivity contribution in [3.63, 3.8) is 0 Å². The van der Waals surface area contributed by atoms with Crippen molar-refractivity contribution in [2.24, 2.45) is 0 Å². The van der Waals surface area contributed by atoms with E-state index in [1.54, 1.807) is 30.6 Å². The quantitative estimate of drug-likeness (QED) is 0.908. The van der Waals surface area contributed by atoms with Crippen LogP contribution >= 0.6 is 0 Å². The van der Waals surface area contributed by atoms with E-state index in [1.807, 2.05) is 0 Å². The number of fused-ring (bicyclic) bond motifs is 1. The first kappa shape index (κ1) is 13.5. The summed E-state index contributed by atoms with van der Waals surface area (Å²) in [6.07, 6.45) is 5.34. The molecule has 0 bridgehead atoms. The molecule has 1 atom stereocenters. The minimum absolute atomic E-state index is 0.255. The molecule has 0 saturated carbocycles. The van der Waals surface area contributed by atoms with Gasteiger partial charge in [-0.15, -0.1) is 0 Å². The molecular weight excluding hydrogens is 270 g/mol. The fourth-order valence-corrected chi connectivity index (χ4v) is 2.69. The molecule has 6 nitrogen and oxygen atoms in total. The third kappa shape index (κ3) is 2.56. The third-order valence-electron chi connectivity index (χ3n) is 3.76. The van der Waals surface area contributed by atoms with E-state index >= 15 is 0 Å². The van der Waals surface area contributed by atoms with Gasteiger partial charge in [0.25, 0.3) is 5.91 Å². The van der Waals surface area contributed by atoms with Crippen LogP contribution in [0.15, 0.2) is 30.6 Å². The third-order valence-corrected chi connectivity index (χ3v) is 3.76. The maximum absolute atomic E-state index is 12.6. The Bertz CT molecular complexity index is 701. The molecule has 0 aliphatic carbocycles. The first-order valence-electron chi connectivity index (χ1n) is 6.91. The van der Waals surface area contributed by atoms with Crippen LogP contribution in [0.2, 0.25) is 0 Å². The van der Waals surface area contributed by atoms with Gasteiger partial charge < -0.3 is 10.0 Å². The number of aliphatic carboxylic acids is 1. The van der Waals surface area contributed by atoms with Gasteiger partial charge in [-0.1, -0.05) is 0 Å². The van der Waals surface area contributed by atoms with E-state index in [4.69, 9.17) is 0 Å². The summed E-state index contributed by atoms with van der Waals surface area (Å²) in [5, 5.41) is 9.26. The van der Waals surface area contributed by atoms with Crippen LogP contribution in [0.25, 0.3) is 11.0 Å². The van der Waals surface area contributed by atoms with E-state index in [0.717, 1.165) is 12.8 Å². The van der Waals surface area contributed by atoms with Gasteiger partial charge >= 0.3 is 5.97 Å².